The Morgan fingerprint density at radius 2 is 2.04 bits per heavy atom. The smallest absolute Gasteiger partial charge is 0.272 e. The van der Waals surface area contributed by atoms with Crippen LogP contribution in [0.3, 0.4) is 0 Å². The summed E-state index contributed by atoms with van der Waals surface area (Å²) in [7, 11) is 0. The van der Waals surface area contributed by atoms with Crippen LogP contribution in [0.25, 0.3) is 20.4 Å². The zero-order valence-corrected chi connectivity index (χ0v) is 16.7. The highest BCUT2D eigenvalue weighted by molar-refractivity contribution is 7.25. The lowest BCUT2D eigenvalue weighted by atomic mass is 10.1. The molecule has 7 heteroatoms. The predicted molar refractivity (Wildman–Crippen MR) is 113 cm³/mol. The largest absolute Gasteiger partial charge is 0.324 e. The van der Waals surface area contributed by atoms with Gasteiger partial charge in [0.2, 0.25) is 5.91 Å². The van der Waals surface area contributed by atoms with Crippen LogP contribution in [-0.4, -0.2) is 20.4 Å². The molecule has 4 aromatic rings. The van der Waals surface area contributed by atoms with Crippen LogP contribution < -0.4 is 10.9 Å². The van der Waals surface area contributed by atoms with E-state index in [0.717, 1.165) is 27.0 Å². The number of aryl methyl sites for hydroxylation is 2. The Morgan fingerprint density at radius 3 is 2.79 bits per heavy atom. The number of aromatic nitrogens is 3. The molecule has 28 heavy (non-hydrogen) atoms. The second kappa shape index (κ2) is 7.16. The number of pyridine rings is 1. The summed E-state index contributed by atoms with van der Waals surface area (Å²) < 4.78 is 1.95. The minimum absolute atomic E-state index is 0.213. The average Bonchev–Trinajstić information content (AvgIpc) is 3.07. The fourth-order valence-corrected chi connectivity index (χ4v) is 4.29. The Hall–Kier alpha value is -3.06. The van der Waals surface area contributed by atoms with Gasteiger partial charge in [-0.05, 0) is 55.7 Å². The minimum Gasteiger partial charge on any atom is -0.324 e. The summed E-state index contributed by atoms with van der Waals surface area (Å²) >= 11 is 1.31. The topological polar surface area (TPSA) is 76.9 Å². The van der Waals surface area contributed by atoms with Crippen molar-refractivity contribution < 1.29 is 4.79 Å². The number of carbonyl (C=O) groups is 1. The fourth-order valence-electron chi connectivity index (χ4n) is 3.26. The molecule has 0 radical (unpaired) electrons. The van der Waals surface area contributed by atoms with Crippen LogP contribution in [0.15, 0.2) is 47.7 Å². The van der Waals surface area contributed by atoms with Gasteiger partial charge in [-0.25, -0.2) is 9.97 Å². The zero-order chi connectivity index (χ0) is 19.8. The number of nitrogens with zero attached hydrogens (tertiary/aromatic N) is 3. The number of fused-ring (bicyclic) bond motifs is 3. The lowest BCUT2D eigenvalue weighted by Gasteiger charge is -2.18. The lowest BCUT2D eigenvalue weighted by molar-refractivity contribution is -0.119. The van der Waals surface area contributed by atoms with E-state index < -0.39 is 6.04 Å². The number of anilines is 1. The van der Waals surface area contributed by atoms with Gasteiger partial charge in [-0.15, -0.1) is 11.3 Å². The molecule has 0 aliphatic heterocycles. The molecule has 0 saturated carbocycles. The number of rotatable bonds is 4. The lowest BCUT2D eigenvalue weighted by Crippen LogP contribution is -2.33. The molecule has 6 nitrogen and oxygen atoms in total. The highest BCUT2D eigenvalue weighted by Crippen LogP contribution is 2.28. The van der Waals surface area contributed by atoms with Gasteiger partial charge in [0.05, 0.1) is 11.8 Å². The molecule has 0 aliphatic rings. The fraction of sp³-hybridized carbons (Fsp3) is 0.238. The molecule has 3 aromatic heterocycles. The van der Waals surface area contributed by atoms with Crippen LogP contribution in [0.2, 0.25) is 0 Å². The van der Waals surface area contributed by atoms with Gasteiger partial charge in [0.1, 0.15) is 15.6 Å². The highest BCUT2D eigenvalue weighted by Gasteiger charge is 2.22. The number of carbonyl (C=O) groups excluding carboxylic acids is 1. The molecular formula is C21H20N4O2S. The molecule has 4 rings (SSSR count). The Morgan fingerprint density at radius 1 is 1.21 bits per heavy atom. The monoisotopic (exact) mass is 392 g/mol. The number of nitrogens with one attached hydrogen (secondary N) is 1. The van der Waals surface area contributed by atoms with Crippen molar-refractivity contribution in [3.63, 3.8) is 0 Å². The quantitative estimate of drug-likeness (QED) is 0.564. The molecule has 1 unspecified atom stereocenters. The second-order valence-corrected chi connectivity index (χ2v) is 7.80. The summed E-state index contributed by atoms with van der Waals surface area (Å²) in [6.45, 7) is 5.91. The van der Waals surface area contributed by atoms with Crippen LogP contribution in [0.1, 0.15) is 30.5 Å². The van der Waals surface area contributed by atoms with Crippen molar-refractivity contribution in [1.82, 2.24) is 14.5 Å². The van der Waals surface area contributed by atoms with Gasteiger partial charge in [-0.2, -0.15) is 0 Å². The van der Waals surface area contributed by atoms with Gasteiger partial charge in [0, 0.05) is 17.3 Å². The zero-order valence-electron chi connectivity index (χ0n) is 15.9. The van der Waals surface area contributed by atoms with Crippen molar-refractivity contribution in [3.05, 3.63) is 64.3 Å². The third-order valence-electron chi connectivity index (χ3n) is 4.98. The van der Waals surface area contributed by atoms with E-state index in [0.29, 0.717) is 16.6 Å². The third kappa shape index (κ3) is 3.07. The molecule has 3 heterocycles. The average molecular weight is 392 g/mol. The summed E-state index contributed by atoms with van der Waals surface area (Å²) in [6, 6.07) is 8.87. The van der Waals surface area contributed by atoms with E-state index in [1.54, 1.807) is 6.20 Å². The summed E-state index contributed by atoms with van der Waals surface area (Å²) in [5.41, 5.74) is 3.41. The molecule has 1 aromatic carbocycles. The molecule has 0 saturated heterocycles. The van der Waals surface area contributed by atoms with Crippen molar-refractivity contribution in [2.75, 3.05) is 5.32 Å². The first-order chi connectivity index (χ1) is 13.5. The number of hydrogen-bond donors (Lipinski definition) is 1. The van der Waals surface area contributed by atoms with Crippen molar-refractivity contribution in [2.24, 2.45) is 0 Å². The summed E-state index contributed by atoms with van der Waals surface area (Å²) in [6.07, 6.45) is 3.65. The Labute approximate surface area is 165 Å². The van der Waals surface area contributed by atoms with Gasteiger partial charge in [-0.3, -0.25) is 14.2 Å². The Balaban J connectivity index is 1.72. The number of hydrogen-bond acceptors (Lipinski definition) is 5. The second-order valence-electron chi connectivity index (χ2n) is 6.81. The summed E-state index contributed by atoms with van der Waals surface area (Å²) in [4.78, 5) is 35.5. The van der Waals surface area contributed by atoms with Crippen LogP contribution in [0.4, 0.5) is 5.69 Å². The maximum absolute atomic E-state index is 13.1. The van der Waals surface area contributed by atoms with Gasteiger partial charge in [-0.1, -0.05) is 13.0 Å². The molecule has 1 amide bonds. The van der Waals surface area contributed by atoms with E-state index in [1.807, 2.05) is 51.1 Å². The Bertz CT molecular complexity index is 1260. The van der Waals surface area contributed by atoms with E-state index in [1.165, 1.54) is 22.2 Å². The summed E-state index contributed by atoms with van der Waals surface area (Å²) in [5, 5.41) is 3.79. The maximum Gasteiger partial charge on any atom is 0.272 e. The SMILES string of the molecule is CCC(C(=O)Nc1ccc(C)c(C)c1)n1cnc2c(sc3ncccc32)c1=O. The van der Waals surface area contributed by atoms with Gasteiger partial charge >= 0.3 is 0 Å². The normalized spacial score (nSPS) is 12.4. The van der Waals surface area contributed by atoms with E-state index in [4.69, 9.17) is 0 Å². The molecule has 142 valence electrons. The van der Waals surface area contributed by atoms with Crippen molar-refractivity contribution in [1.29, 1.82) is 0 Å². The first kappa shape index (κ1) is 18.3. The first-order valence-corrected chi connectivity index (χ1v) is 9.93. The van der Waals surface area contributed by atoms with Crippen LogP contribution >= 0.6 is 11.3 Å². The molecule has 0 spiro atoms. The molecule has 0 aliphatic carbocycles. The molecular weight excluding hydrogens is 372 g/mol. The van der Waals surface area contributed by atoms with E-state index in [-0.39, 0.29) is 11.5 Å². The van der Waals surface area contributed by atoms with Crippen molar-refractivity contribution in [3.8, 4) is 0 Å². The number of benzene rings is 1. The Kier molecular flexibility index (Phi) is 4.68. The summed E-state index contributed by atoms with van der Waals surface area (Å²) in [5.74, 6) is -0.228. The van der Waals surface area contributed by atoms with Crippen LogP contribution in [0.5, 0.6) is 0 Å². The number of thiophene rings is 1. The maximum atomic E-state index is 13.1. The standard InChI is InChI=1S/C21H20N4O2S/c1-4-16(19(26)24-14-8-7-12(2)13(3)10-14)25-11-23-17-15-6-5-9-22-20(15)28-18(17)21(25)27/h5-11,16H,4H2,1-3H3,(H,24,26). The predicted octanol–water partition coefficient (Wildman–Crippen LogP) is 4.21. The van der Waals surface area contributed by atoms with Gasteiger partial charge < -0.3 is 5.32 Å². The minimum atomic E-state index is -0.635. The van der Waals surface area contributed by atoms with Crippen LogP contribution in [0, 0.1) is 13.8 Å². The van der Waals surface area contributed by atoms with E-state index in [9.17, 15) is 9.59 Å². The molecule has 1 N–H and O–H groups in total. The molecule has 1 atom stereocenters. The van der Waals surface area contributed by atoms with Gasteiger partial charge in [0.25, 0.3) is 5.56 Å². The van der Waals surface area contributed by atoms with Crippen LogP contribution in [-0.2, 0) is 4.79 Å². The van der Waals surface area contributed by atoms with Crippen molar-refractivity contribution >= 4 is 43.4 Å². The van der Waals surface area contributed by atoms with Gasteiger partial charge in [0.15, 0.2) is 0 Å². The number of amides is 1. The molecule has 0 fully saturated rings. The van der Waals surface area contributed by atoms with E-state index >= 15 is 0 Å². The highest BCUT2D eigenvalue weighted by atomic mass is 32.1. The van der Waals surface area contributed by atoms with E-state index in [2.05, 4.69) is 15.3 Å². The van der Waals surface area contributed by atoms with Crippen molar-refractivity contribution in [2.45, 2.75) is 33.2 Å². The first-order valence-electron chi connectivity index (χ1n) is 9.12. The third-order valence-corrected chi connectivity index (χ3v) is 6.07. The molecule has 0 bridgehead atoms.